The highest BCUT2D eigenvalue weighted by Gasteiger charge is 2.19. The molecular weight excluding hydrogens is 397 g/mol. The number of hydrogen-bond donors (Lipinski definition) is 0. The maximum atomic E-state index is 6.15. The van der Waals surface area contributed by atoms with Crippen LogP contribution < -0.4 is 4.90 Å². The largest absolute Gasteiger partial charge is 0.369 e. The fraction of sp³-hybridized carbons (Fsp3) is 0.286. The molecule has 3 nitrogen and oxygen atoms in total. The first-order chi connectivity index (χ1) is 13.1. The van der Waals surface area contributed by atoms with E-state index < -0.39 is 0 Å². The van der Waals surface area contributed by atoms with Crippen molar-refractivity contribution in [3.8, 4) is 10.6 Å². The minimum atomic E-state index is 0.604. The van der Waals surface area contributed by atoms with Gasteiger partial charge in [-0.3, -0.25) is 4.90 Å². The quantitative estimate of drug-likeness (QED) is 0.538. The molecule has 1 fully saturated rings. The molecule has 2 aromatic carbocycles. The SMILES string of the molecule is Cc1ccc(-c2nc(CN3CCN(c4ccc(Cl)c(Cl)c4)CC3)cs2)cc1. The Hall–Kier alpha value is -1.59. The molecule has 6 heteroatoms. The molecule has 0 saturated carbocycles. The average Bonchev–Trinajstić information content (AvgIpc) is 3.14. The maximum Gasteiger partial charge on any atom is 0.123 e. The van der Waals surface area contributed by atoms with E-state index in [9.17, 15) is 0 Å². The third-order valence-corrected chi connectivity index (χ3v) is 6.56. The number of nitrogens with zero attached hydrogens (tertiary/aromatic N) is 3. The highest BCUT2D eigenvalue weighted by molar-refractivity contribution is 7.13. The number of aryl methyl sites for hydroxylation is 1. The Morgan fingerprint density at radius 1 is 0.963 bits per heavy atom. The van der Waals surface area contributed by atoms with Gasteiger partial charge in [-0.1, -0.05) is 53.0 Å². The van der Waals surface area contributed by atoms with Crippen molar-refractivity contribution in [1.82, 2.24) is 9.88 Å². The van der Waals surface area contributed by atoms with Crippen LogP contribution in [0, 0.1) is 6.92 Å². The van der Waals surface area contributed by atoms with Gasteiger partial charge in [0.2, 0.25) is 0 Å². The van der Waals surface area contributed by atoms with E-state index in [1.807, 2.05) is 18.2 Å². The first-order valence-electron chi connectivity index (χ1n) is 9.02. The second kappa shape index (κ2) is 8.19. The summed E-state index contributed by atoms with van der Waals surface area (Å²) in [5.74, 6) is 0. The summed E-state index contributed by atoms with van der Waals surface area (Å²) in [4.78, 5) is 9.65. The summed E-state index contributed by atoms with van der Waals surface area (Å²) < 4.78 is 0. The van der Waals surface area contributed by atoms with Crippen molar-refractivity contribution >= 4 is 40.2 Å². The van der Waals surface area contributed by atoms with E-state index in [0.717, 1.165) is 49.1 Å². The third-order valence-electron chi connectivity index (χ3n) is 4.88. The summed E-state index contributed by atoms with van der Waals surface area (Å²) in [7, 11) is 0. The zero-order valence-electron chi connectivity index (χ0n) is 15.2. The number of piperazine rings is 1. The molecule has 0 radical (unpaired) electrons. The predicted molar refractivity (Wildman–Crippen MR) is 116 cm³/mol. The Labute approximate surface area is 174 Å². The number of hydrogen-bond acceptors (Lipinski definition) is 4. The fourth-order valence-corrected chi connectivity index (χ4v) is 4.39. The van der Waals surface area contributed by atoms with Gasteiger partial charge in [0, 0.05) is 49.4 Å². The van der Waals surface area contributed by atoms with Gasteiger partial charge in [0.25, 0.3) is 0 Å². The Morgan fingerprint density at radius 3 is 2.41 bits per heavy atom. The number of thiazole rings is 1. The van der Waals surface area contributed by atoms with Crippen molar-refractivity contribution in [3.63, 3.8) is 0 Å². The molecule has 1 aliphatic heterocycles. The van der Waals surface area contributed by atoms with Crippen LogP contribution >= 0.6 is 34.5 Å². The normalized spacial score (nSPS) is 15.3. The van der Waals surface area contributed by atoms with Crippen molar-refractivity contribution in [2.24, 2.45) is 0 Å². The molecular formula is C21H21Cl2N3S. The van der Waals surface area contributed by atoms with Gasteiger partial charge in [-0.25, -0.2) is 4.98 Å². The van der Waals surface area contributed by atoms with Crippen molar-refractivity contribution in [1.29, 1.82) is 0 Å². The Balaban J connectivity index is 1.35. The van der Waals surface area contributed by atoms with Crippen molar-refractivity contribution in [2.45, 2.75) is 13.5 Å². The lowest BCUT2D eigenvalue weighted by atomic mass is 10.2. The molecule has 3 aromatic rings. The minimum Gasteiger partial charge on any atom is -0.369 e. The summed E-state index contributed by atoms with van der Waals surface area (Å²) >= 11 is 13.9. The summed E-state index contributed by atoms with van der Waals surface area (Å²) in [6.07, 6.45) is 0. The molecule has 1 aromatic heterocycles. The van der Waals surface area contributed by atoms with Crippen LogP contribution in [0.5, 0.6) is 0 Å². The molecule has 1 aliphatic rings. The van der Waals surface area contributed by atoms with Crippen molar-refractivity contribution < 1.29 is 0 Å². The molecule has 0 atom stereocenters. The average molecular weight is 418 g/mol. The van der Waals surface area contributed by atoms with Gasteiger partial charge in [-0.05, 0) is 25.1 Å². The molecule has 27 heavy (non-hydrogen) atoms. The Morgan fingerprint density at radius 2 is 1.70 bits per heavy atom. The van der Waals surface area contributed by atoms with Crippen LogP contribution in [0.4, 0.5) is 5.69 Å². The first kappa shape index (κ1) is 18.8. The summed E-state index contributed by atoms with van der Waals surface area (Å²) in [5.41, 5.74) is 4.76. The van der Waals surface area contributed by atoms with Gasteiger partial charge in [0.05, 0.1) is 15.7 Å². The zero-order chi connectivity index (χ0) is 18.8. The standard InChI is InChI=1S/C21H21Cl2N3S/c1-15-2-4-16(5-3-15)21-24-17(14-27-21)13-25-8-10-26(11-9-25)18-6-7-19(22)20(23)12-18/h2-7,12,14H,8-11,13H2,1H3. The van der Waals surface area contributed by atoms with Crippen LogP contribution in [0.2, 0.25) is 10.0 Å². The number of rotatable bonds is 4. The molecule has 0 amide bonds. The molecule has 0 unspecified atom stereocenters. The molecule has 0 aliphatic carbocycles. The molecule has 2 heterocycles. The smallest absolute Gasteiger partial charge is 0.123 e. The zero-order valence-corrected chi connectivity index (χ0v) is 17.5. The summed E-state index contributed by atoms with van der Waals surface area (Å²) in [5, 5.41) is 4.50. The van der Waals surface area contributed by atoms with Gasteiger partial charge in [-0.2, -0.15) is 0 Å². The maximum absolute atomic E-state index is 6.15. The van der Waals surface area contributed by atoms with Crippen LogP contribution in [0.1, 0.15) is 11.3 Å². The lowest BCUT2D eigenvalue weighted by molar-refractivity contribution is 0.247. The molecule has 140 valence electrons. The molecule has 1 saturated heterocycles. The second-order valence-corrected chi connectivity index (χ2v) is 8.54. The second-order valence-electron chi connectivity index (χ2n) is 6.87. The molecule has 0 N–H and O–H groups in total. The summed E-state index contributed by atoms with van der Waals surface area (Å²) in [6, 6.07) is 14.4. The van der Waals surface area contributed by atoms with E-state index in [2.05, 4.69) is 46.4 Å². The molecule has 0 spiro atoms. The Bertz CT molecular complexity index is 915. The van der Waals surface area contributed by atoms with Gasteiger partial charge < -0.3 is 4.90 Å². The number of aromatic nitrogens is 1. The fourth-order valence-electron chi connectivity index (χ4n) is 3.28. The van der Waals surface area contributed by atoms with Gasteiger partial charge in [0.1, 0.15) is 5.01 Å². The lowest BCUT2D eigenvalue weighted by Gasteiger charge is -2.35. The van der Waals surface area contributed by atoms with Crippen LogP contribution in [0.15, 0.2) is 47.8 Å². The molecule has 0 bridgehead atoms. The Kier molecular flexibility index (Phi) is 5.69. The van der Waals surface area contributed by atoms with E-state index in [-0.39, 0.29) is 0 Å². The van der Waals surface area contributed by atoms with E-state index in [1.54, 1.807) is 11.3 Å². The number of halogens is 2. The predicted octanol–water partition coefficient (Wildman–Crippen LogP) is 5.75. The minimum absolute atomic E-state index is 0.604. The van der Waals surface area contributed by atoms with Gasteiger partial charge in [-0.15, -0.1) is 11.3 Å². The van der Waals surface area contributed by atoms with Crippen molar-refractivity contribution in [3.05, 3.63) is 69.1 Å². The van der Waals surface area contributed by atoms with E-state index in [4.69, 9.17) is 28.2 Å². The highest BCUT2D eigenvalue weighted by atomic mass is 35.5. The monoisotopic (exact) mass is 417 g/mol. The molecule has 4 rings (SSSR count). The van der Waals surface area contributed by atoms with Crippen LogP contribution in [-0.2, 0) is 6.54 Å². The topological polar surface area (TPSA) is 19.4 Å². The number of anilines is 1. The van der Waals surface area contributed by atoms with E-state index in [1.165, 1.54) is 11.1 Å². The summed E-state index contributed by atoms with van der Waals surface area (Å²) in [6.45, 7) is 6.99. The lowest BCUT2D eigenvalue weighted by Crippen LogP contribution is -2.46. The highest BCUT2D eigenvalue weighted by Crippen LogP contribution is 2.28. The first-order valence-corrected chi connectivity index (χ1v) is 10.7. The van der Waals surface area contributed by atoms with Gasteiger partial charge in [0.15, 0.2) is 0 Å². The number of benzene rings is 2. The van der Waals surface area contributed by atoms with Gasteiger partial charge >= 0.3 is 0 Å². The van der Waals surface area contributed by atoms with E-state index >= 15 is 0 Å². The van der Waals surface area contributed by atoms with Crippen molar-refractivity contribution in [2.75, 3.05) is 31.1 Å². The van der Waals surface area contributed by atoms with Crippen LogP contribution in [0.25, 0.3) is 10.6 Å². The van der Waals surface area contributed by atoms with E-state index in [0.29, 0.717) is 10.0 Å². The third kappa shape index (κ3) is 4.46. The van der Waals surface area contributed by atoms with Crippen LogP contribution in [0.3, 0.4) is 0 Å². The van der Waals surface area contributed by atoms with Crippen LogP contribution in [-0.4, -0.2) is 36.1 Å².